The average molecular weight is 422 g/mol. The van der Waals surface area contributed by atoms with E-state index in [1.807, 2.05) is 12.1 Å². The molecule has 1 fully saturated rings. The Hall–Kier alpha value is -3.49. The van der Waals surface area contributed by atoms with Gasteiger partial charge in [0.1, 0.15) is 24.4 Å². The number of benzene rings is 1. The first-order valence-electron chi connectivity index (χ1n) is 10.5. The molecule has 162 valence electrons. The Morgan fingerprint density at radius 1 is 1.19 bits per heavy atom. The summed E-state index contributed by atoms with van der Waals surface area (Å²) in [4.78, 5) is 36.9. The number of amides is 2. The van der Waals surface area contributed by atoms with Crippen LogP contribution in [0.5, 0.6) is 0 Å². The van der Waals surface area contributed by atoms with Gasteiger partial charge in [-0.1, -0.05) is 0 Å². The van der Waals surface area contributed by atoms with Crippen molar-refractivity contribution >= 4 is 34.2 Å². The Balaban J connectivity index is 1.47. The Kier molecular flexibility index (Phi) is 5.83. The molecule has 1 aromatic carbocycles. The monoisotopic (exact) mass is 421 g/mol. The summed E-state index contributed by atoms with van der Waals surface area (Å²) in [5.74, 6) is 1.18. The molecule has 0 spiro atoms. The normalized spacial score (nSPS) is 13.3. The second kappa shape index (κ2) is 8.71. The van der Waals surface area contributed by atoms with Crippen molar-refractivity contribution in [1.82, 2.24) is 24.6 Å². The molecular weight excluding hydrogens is 394 g/mol. The van der Waals surface area contributed by atoms with Crippen molar-refractivity contribution < 1.29 is 9.59 Å². The molecule has 0 atom stereocenters. The molecule has 1 aliphatic rings. The summed E-state index contributed by atoms with van der Waals surface area (Å²) in [5.41, 5.74) is 1.72. The summed E-state index contributed by atoms with van der Waals surface area (Å²) in [6.45, 7) is 4.06. The third kappa shape index (κ3) is 4.99. The molecule has 3 aromatic rings. The fraction of sp³-hybridized carbons (Fsp3) is 0.409. The second-order valence-corrected chi connectivity index (χ2v) is 8.09. The van der Waals surface area contributed by atoms with Gasteiger partial charge in [0.15, 0.2) is 0 Å². The summed E-state index contributed by atoms with van der Waals surface area (Å²) in [5, 5.41) is 8.15. The lowest BCUT2D eigenvalue weighted by Crippen LogP contribution is -2.27. The van der Waals surface area contributed by atoms with Crippen LogP contribution in [0, 0.1) is 5.92 Å². The highest BCUT2D eigenvalue weighted by atomic mass is 16.2. The smallest absolute Gasteiger partial charge is 0.274 e. The molecule has 9 nitrogen and oxygen atoms in total. The van der Waals surface area contributed by atoms with Crippen LogP contribution >= 0.6 is 0 Å². The maximum Gasteiger partial charge on any atom is 0.274 e. The van der Waals surface area contributed by atoms with E-state index in [2.05, 4.69) is 32.2 Å². The summed E-state index contributed by atoms with van der Waals surface area (Å²) in [6, 6.07) is 7.19. The first kappa shape index (κ1) is 20.8. The Morgan fingerprint density at radius 2 is 2.00 bits per heavy atom. The molecule has 0 saturated heterocycles. The highest BCUT2D eigenvalue weighted by Crippen LogP contribution is 2.31. The van der Waals surface area contributed by atoms with Crippen LogP contribution in [0.1, 0.15) is 30.3 Å². The minimum absolute atomic E-state index is 0.0382. The molecule has 1 aliphatic carbocycles. The Bertz CT molecular complexity index is 1100. The van der Waals surface area contributed by atoms with E-state index in [0.717, 1.165) is 35.7 Å². The van der Waals surface area contributed by atoms with Gasteiger partial charge in [-0.25, -0.2) is 9.97 Å². The van der Waals surface area contributed by atoms with Crippen molar-refractivity contribution in [2.45, 2.75) is 26.3 Å². The predicted molar refractivity (Wildman–Crippen MR) is 119 cm³/mol. The summed E-state index contributed by atoms with van der Waals surface area (Å²) in [7, 11) is 3.42. The third-order valence-corrected chi connectivity index (χ3v) is 5.37. The number of fused-ring (bicyclic) bond motifs is 1. The number of nitrogens with zero attached hydrogens (tertiary/aromatic N) is 6. The van der Waals surface area contributed by atoms with Gasteiger partial charge < -0.3 is 15.1 Å². The average Bonchev–Trinajstić information content (AvgIpc) is 3.49. The lowest BCUT2D eigenvalue weighted by molar-refractivity contribution is -0.129. The minimum Gasteiger partial charge on any atom is -0.357 e. The van der Waals surface area contributed by atoms with E-state index in [9.17, 15) is 9.59 Å². The maximum absolute atomic E-state index is 12.8. The largest absolute Gasteiger partial charge is 0.357 e. The van der Waals surface area contributed by atoms with Crippen LogP contribution < -0.4 is 10.2 Å². The number of carbonyl (C=O) groups excluding carboxylic acids is 2. The molecule has 2 amide bonds. The van der Waals surface area contributed by atoms with Gasteiger partial charge in [-0.2, -0.15) is 5.10 Å². The molecule has 4 rings (SSSR count). The lowest BCUT2D eigenvalue weighted by Gasteiger charge is -2.21. The highest BCUT2D eigenvalue weighted by molar-refractivity contribution is 6.04. The molecule has 2 heterocycles. The number of anilines is 2. The van der Waals surface area contributed by atoms with Gasteiger partial charge in [0, 0.05) is 50.5 Å². The molecule has 1 saturated carbocycles. The number of hydrogen-bond acceptors (Lipinski definition) is 6. The molecule has 2 aromatic heterocycles. The number of hydrogen-bond donors (Lipinski definition) is 1. The van der Waals surface area contributed by atoms with Crippen molar-refractivity contribution in [2.75, 3.05) is 37.4 Å². The van der Waals surface area contributed by atoms with Gasteiger partial charge in [0.2, 0.25) is 5.91 Å². The summed E-state index contributed by atoms with van der Waals surface area (Å²) in [6.07, 6.45) is 5.76. The molecular formula is C22H27N7O2. The molecule has 0 bridgehead atoms. The van der Waals surface area contributed by atoms with Crippen LogP contribution in [0.3, 0.4) is 0 Å². The molecule has 0 radical (unpaired) electrons. The van der Waals surface area contributed by atoms with Gasteiger partial charge in [-0.05, 0) is 43.9 Å². The van der Waals surface area contributed by atoms with Crippen LogP contribution in [0.25, 0.3) is 10.9 Å². The van der Waals surface area contributed by atoms with Crippen molar-refractivity contribution in [2.24, 2.45) is 5.92 Å². The molecule has 9 heteroatoms. The predicted octanol–water partition coefficient (Wildman–Crippen LogP) is 2.40. The van der Waals surface area contributed by atoms with E-state index in [-0.39, 0.29) is 18.4 Å². The standard InChI is InChI=1S/C22H27N7O2/c1-4-28(11-15-5-6-15)20-10-19(23-14-24-20)22(31)25-17-7-8-18-16(9-17)12-29(26-18)13-21(30)27(2)3/h7-10,12,14-15H,4-6,11,13H2,1-3H3,(H,25,31). The number of likely N-dealkylation sites (N-methyl/N-ethyl adjacent to an activating group) is 1. The van der Waals surface area contributed by atoms with Crippen LogP contribution in [0.15, 0.2) is 36.8 Å². The number of aromatic nitrogens is 4. The van der Waals surface area contributed by atoms with Crippen LogP contribution in [-0.4, -0.2) is 63.6 Å². The third-order valence-electron chi connectivity index (χ3n) is 5.37. The van der Waals surface area contributed by atoms with E-state index >= 15 is 0 Å². The van der Waals surface area contributed by atoms with Crippen molar-refractivity contribution in [3.05, 3.63) is 42.5 Å². The van der Waals surface area contributed by atoms with Crippen molar-refractivity contribution in [3.63, 3.8) is 0 Å². The van der Waals surface area contributed by atoms with E-state index in [1.54, 1.807) is 37.1 Å². The Labute approximate surface area is 181 Å². The highest BCUT2D eigenvalue weighted by Gasteiger charge is 2.24. The van der Waals surface area contributed by atoms with Crippen LogP contribution in [-0.2, 0) is 11.3 Å². The first-order chi connectivity index (χ1) is 14.9. The minimum atomic E-state index is -0.291. The Morgan fingerprint density at radius 3 is 2.71 bits per heavy atom. The maximum atomic E-state index is 12.8. The molecule has 1 N–H and O–H groups in total. The topological polar surface area (TPSA) is 96.2 Å². The molecule has 0 unspecified atom stereocenters. The second-order valence-electron chi connectivity index (χ2n) is 8.09. The summed E-state index contributed by atoms with van der Waals surface area (Å²) < 4.78 is 1.61. The van der Waals surface area contributed by atoms with Gasteiger partial charge in [-0.3, -0.25) is 14.3 Å². The van der Waals surface area contributed by atoms with Crippen LogP contribution in [0.2, 0.25) is 0 Å². The molecule has 0 aliphatic heterocycles. The van der Waals surface area contributed by atoms with Gasteiger partial charge in [0.25, 0.3) is 5.91 Å². The zero-order chi connectivity index (χ0) is 22.0. The number of carbonyl (C=O) groups is 2. The SMILES string of the molecule is CCN(CC1CC1)c1cc(C(=O)Nc2ccc3nn(CC(=O)N(C)C)cc3c2)ncn1. The quantitative estimate of drug-likeness (QED) is 0.600. The van der Waals surface area contributed by atoms with Crippen molar-refractivity contribution in [3.8, 4) is 0 Å². The van der Waals surface area contributed by atoms with Gasteiger partial charge >= 0.3 is 0 Å². The van der Waals surface area contributed by atoms with E-state index in [4.69, 9.17) is 0 Å². The lowest BCUT2D eigenvalue weighted by atomic mass is 10.2. The zero-order valence-corrected chi connectivity index (χ0v) is 18.1. The van der Waals surface area contributed by atoms with Gasteiger partial charge in [-0.15, -0.1) is 0 Å². The number of nitrogens with one attached hydrogen (secondary N) is 1. The molecule has 31 heavy (non-hydrogen) atoms. The summed E-state index contributed by atoms with van der Waals surface area (Å²) >= 11 is 0. The van der Waals surface area contributed by atoms with Crippen molar-refractivity contribution in [1.29, 1.82) is 0 Å². The van der Waals surface area contributed by atoms with Crippen LogP contribution in [0.4, 0.5) is 11.5 Å². The van der Waals surface area contributed by atoms with E-state index < -0.39 is 0 Å². The first-order valence-corrected chi connectivity index (χ1v) is 10.5. The zero-order valence-electron chi connectivity index (χ0n) is 18.1. The fourth-order valence-corrected chi connectivity index (χ4v) is 3.35. The van der Waals surface area contributed by atoms with Gasteiger partial charge in [0.05, 0.1) is 5.52 Å². The fourth-order valence-electron chi connectivity index (χ4n) is 3.35. The number of rotatable bonds is 8. The van der Waals surface area contributed by atoms with E-state index in [1.165, 1.54) is 24.1 Å². The van der Waals surface area contributed by atoms with E-state index in [0.29, 0.717) is 11.4 Å².